The van der Waals surface area contributed by atoms with Crippen molar-refractivity contribution in [2.45, 2.75) is 6.92 Å². The van der Waals surface area contributed by atoms with Gasteiger partial charge in [0.15, 0.2) is 0 Å². The Bertz CT molecular complexity index is 406. The van der Waals surface area contributed by atoms with Crippen LogP contribution in [0, 0.1) is 10.8 Å². The van der Waals surface area contributed by atoms with Crippen molar-refractivity contribution < 1.29 is 14.2 Å². The first-order chi connectivity index (χ1) is 10.1. The molecule has 21 heavy (non-hydrogen) atoms. The molecule has 3 nitrogen and oxygen atoms in total. The molecule has 0 radical (unpaired) electrons. The van der Waals surface area contributed by atoms with Crippen LogP contribution in [0.4, 0.5) is 0 Å². The zero-order chi connectivity index (χ0) is 15.2. The van der Waals surface area contributed by atoms with Gasteiger partial charge in [-0.25, -0.2) is 0 Å². The molecule has 0 atom stereocenters. The zero-order valence-electron chi connectivity index (χ0n) is 12.3. The number of ether oxygens (including phenoxy) is 3. The predicted molar refractivity (Wildman–Crippen MR) is 85.6 cm³/mol. The number of para-hydroxylation sites is 1. The van der Waals surface area contributed by atoms with Gasteiger partial charge in [-0.1, -0.05) is 25.1 Å². The topological polar surface area (TPSA) is 27.7 Å². The SMILES string of the molecule is CC1(CCl)COC1.ClCC1(COc2ccccc2)COC1. The highest BCUT2D eigenvalue weighted by atomic mass is 35.5. The van der Waals surface area contributed by atoms with Crippen molar-refractivity contribution >= 4 is 23.2 Å². The summed E-state index contributed by atoms with van der Waals surface area (Å²) in [5.41, 5.74) is 0.346. The third-order valence-electron chi connectivity index (χ3n) is 3.61. The molecule has 2 fully saturated rings. The lowest BCUT2D eigenvalue weighted by Crippen LogP contribution is -2.48. The quantitative estimate of drug-likeness (QED) is 0.771. The van der Waals surface area contributed by atoms with Crippen LogP contribution in [-0.2, 0) is 9.47 Å². The van der Waals surface area contributed by atoms with Crippen LogP contribution in [0.5, 0.6) is 5.75 Å². The average molecular weight is 333 g/mol. The molecule has 0 bridgehead atoms. The summed E-state index contributed by atoms with van der Waals surface area (Å²) in [6.07, 6.45) is 0. The molecule has 0 amide bonds. The Labute approximate surface area is 136 Å². The van der Waals surface area contributed by atoms with Gasteiger partial charge in [0.2, 0.25) is 0 Å². The highest BCUT2D eigenvalue weighted by Crippen LogP contribution is 2.29. The van der Waals surface area contributed by atoms with Crippen molar-refractivity contribution in [3.8, 4) is 5.75 Å². The summed E-state index contributed by atoms with van der Waals surface area (Å²) in [5, 5.41) is 0. The van der Waals surface area contributed by atoms with Crippen molar-refractivity contribution in [2.75, 3.05) is 44.8 Å². The van der Waals surface area contributed by atoms with Crippen LogP contribution in [0.2, 0.25) is 0 Å². The second kappa shape index (κ2) is 7.68. The minimum Gasteiger partial charge on any atom is -0.493 e. The Hall–Kier alpha value is -0.480. The fraction of sp³-hybridized carbons (Fsp3) is 0.625. The lowest BCUT2D eigenvalue weighted by atomic mass is 9.90. The molecule has 5 heteroatoms. The van der Waals surface area contributed by atoms with Crippen LogP contribution in [-0.4, -0.2) is 44.8 Å². The van der Waals surface area contributed by atoms with Crippen molar-refractivity contribution in [3.05, 3.63) is 30.3 Å². The molecule has 0 aliphatic carbocycles. The molecular formula is C16H22Cl2O3. The molecule has 1 aromatic carbocycles. The van der Waals surface area contributed by atoms with Gasteiger partial charge in [0.05, 0.1) is 38.4 Å². The molecule has 2 saturated heterocycles. The Morgan fingerprint density at radius 3 is 1.95 bits per heavy atom. The van der Waals surface area contributed by atoms with Crippen molar-refractivity contribution in [1.29, 1.82) is 0 Å². The number of alkyl halides is 2. The summed E-state index contributed by atoms with van der Waals surface area (Å²) in [7, 11) is 0. The van der Waals surface area contributed by atoms with Crippen molar-refractivity contribution in [3.63, 3.8) is 0 Å². The van der Waals surface area contributed by atoms with Crippen LogP contribution in [0.25, 0.3) is 0 Å². The summed E-state index contributed by atoms with van der Waals surface area (Å²) in [6.45, 7) is 5.88. The lowest BCUT2D eigenvalue weighted by Gasteiger charge is -2.39. The molecule has 3 rings (SSSR count). The van der Waals surface area contributed by atoms with E-state index in [1.54, 1.807) is 0 Å². The van der Waals surface area contributed by atoms with Crippen LogP contribution >= 0.6 is 23.2 Å². The van der Waals surface area contributed by atoms with E-state index in [1.807, 2.05) is 30.3 Å². The van der Waals surface area contributed by atoms with E-state index in [9.17, 15) is 0 Å². The molecule has 0 N–H and O–H groups in total. The second-order valence-corrected chi connectivity index (χ2v) is 6.70. The number of benzene rings is 1. The van der Waals surface area contributed by atoms with Crippen molar-refractivity contribution in [2.24, 2.45) is 10.8 Å². The van der Waals surface area contributed by atoms with Gasteiger partial charge in [0.1, 0.15) is 5.75 Å². The van der Waals surface area contributed by atoms with Gasteiger partial charge in [-0.05, 0) is 12.1 Å². The van der Waals surface area contributed by atoms with E-state index in [0.717, 1.165) is 24.8 Å². The first-order valence-corrected chi connectivity index (χ1v) is 8.14. The summed E-state index contributed by atoms with van der Waals surface area (Å²) < 4.78 is 15.7. The van der Waals surface area contributed by atoms with E-state index in [1.165, 1.54) is 0 Å². The van der Waals surface area contributed by atoms with Gasteiger partial charge in [-0.2, -0.15) is 0 Å². The molecular weight excluding hydrogens is 311 g/mol. The van der Waals surface area contributed by atoms with Gasteiger partial charge in [0, 0.05) is 17.2 Å². The lowest BCUT2D eigenvalue weighted by molar-refractivity contribution is -0.117. The molecule has 0 unspecified atom stereocenters. The fourth-order valence-electron chi connectivity index (χ4n) is 1.87. The maximum atomic E-state index is 5.87. The minimum atomic E-state index is 0.0391. The standard InChI is InChI=1S/C11H13ClO2.C5H9ClO/c12-6-11(7-13-8-11)9-14-10-4-2-1-3-5-10;1-5(2-6)3-7-4-5/h1-5H,6-9H2;2-4H2,1H3. The number of hydrogen-bond acceptors (Lipinski definition) is 3. The predicted octanol–water partition coefficient (Wildman–Crippen LogP) is 3.58. The second-order valence-electron chi connectivity index (χ2n) is 6.17. The molecule has 118 valence electrons. The van der Waals surface area contributed by atoms with E-state index in [0.29, 0.717) is 31.1 Å². The van der Waals surface area contributed by atoms with E-state index in [4.69, 9.17) is 37.4 Å². The minimum absolute atomic E-state index is 0.0391. The molecule has 2 aliphatic rings. The molecule has 2 heterocycles. The summed E-state index contributed by atoms with van der Waals surface area (Å²) in [5.74, 6) is 2.22. The van der Waals surface area contributed by atoms with E-state index in [-0.39, 0.29) is 5.41 Å². The van der Waals surface area contributed by atoms with Crippen LogP contribution < -0.4 is 4.74 Å². The molecule has 1 aromatic rings. The summed E-state index contributed by atoms with van der Waals surface area (Å²) in [6, 6.07) is 9.78. The Balaban J connectivity index is 0.000000194. The molecule has 0 spiro atoms. The van der Waals surface area contributed by atoms with E-state index < -0.39 is 0 Å². The smallest absolute Gasteiger partial charge is 0.119 e. The maximum absolute atomic E-state index is 5.87. The number of rotatable bonds is 5. The van der Waals surface area contributed by atoms with Gasteiger partial charge in [0.25, 0.3) is 0 Å². The first kappa shape index (κ1) is 16.9. The van der Waals surface area contributed by atoms with Gasteiger partial charge in [-0.3, -0.25) is 0 Å². The number of hydrogen-bond donors (Lipinski definition) is 0. The van der Waals surface area contributed by atoms with Crippen molar-refractivity contribution in [1.82, 2.24) is 0 Å². The molecule has 0 aromatic heterocycles. The van der Waals surface area contributed by atoms with E-state index >= 15 is 0 Å². The first-order valence-electron chi connectivity index (χ1n) is 7.07. The largest absolute Gasteiger partial charge is 0.493 e. The fourth-order valence-corrected chi connectivity index (χ4v) is 2.26. The van der Waals surface area contributed by atoms with Gasteiger partial charge < -0.3 is 14.2 Å². The third kappa shape index (κ3) is 4.75. The van der Waals surface area contributed by atoms with E-state index in [2.05, 4.69) is 6.92 Å². The van der Waals surface area contributed by atoms with Crippen LogP contribution in [0.1, 0.15) is 6.92 Å². The highest BCUT2D eigenvalue weighted by Gasteiger charge is 2.38. The summed E-state index contributed by atoms with van der Waals surface area (Å²) in [4.78, 5) is 0. The zero-order valence-corrected chi connectivity index (χ0v) is 13.8. The maximum Gasteiger partial charge on any atom is 0.119 e. The number of halogens is 2. The Kier molecular flexibility index (Phi) is 6.18. The van der Waals surface area contributed by atoms with Gasteiger partial charge >= 0.3 is 0 Å². The average Bonchev–Trinajstić information content (AvgIpc) is 2.46. The Morgan fingerprint density at radius 1 is 1.00 bits per heavy atom. The normalized spacial score (nSPS) is 21.3. The third-order valence-corrected chi connectivity index (χ3v) is 4.82. The highest BCUT2D eigenvalue weighted by molar-refractivity contribution is 6.18. The Morgan fingerprint density at radius 2 is 1.62 bits per heavy atom. The molecule has 0 saturated carbocycles. The monoisotopic (exact) mass is 332 g/mol. The molecule has 2 aliphatic heterocycles. The summed E-state index contributed by atoms with van der Waals surface area (Å²) >= 11 is 11.4. The van der Waals surface area contributed by atoms with Crippen LogP contribution in [0.3, 0.4) is 0 Å². The van der Waals surface area contributed by atoms with Gasteiger partial charge in [-0.15, -0.1) is 23.2 Å². The van der Waals surface area contributed by atoms with Crippen LogP contribution in [0.15, 0.2) is 30.3 Å².